The molecule has 186 valence electrons. The lowest BCUT2D eigenvalue weighted by Gasteiger charge is -2.22. The lowest BCUT2D eigenvalue weighted by atomic mass is 9.93. The monoisotopic (exact) mass is 482 g/mol. The molecule has 6 heteroatoms. The summed E-state index contributed by atoms with van der Waals surface area (Å²) in [6, 6.07) is 22.8. The van der Waals surface area contributed by atoms with Crippen molar-refractivity contribution < 1.29 is 9.59 Å². The fourth-order valence-electron chi connectivity index (χ4n) is 4.48. The van der Waals surface area contributed by atoms with E-state index < -0.39 is 6.04 Å². The molecule has 4 N–H and O–H groups in total. The van der Waals surface area contributed by atoms with Crippen molar-refractivity contribution in [1.82, 2.24) is 15.6 Å². The van der Waals surface area contributed by atoms with Crippen LogP contribution >= 0.6 is 0 Å². The number of para-hydroxylation sites is 2. The first kappa shape index (κ1) is 25.0. The highest BCUT2D eigenvalue weighted by atomic mass is 16.2. The van der Waals surface area contributed by atoms with Crippen molar-refractivity contribution in [2.75, 3.05) is 11.9 Å². The van der Waals surface area contributed by atoms with E-state index in [2.05, 4.69) is 60.8 Å². The average molecular weight is 483 g/mol. The van der Waals surface area contributed by atoms with E-state index >= 15 is 0 Å². The van der Waals surface area contributed by atoms with Crippen LogP contribution in [0.25, 0.3) is 10.9 Å². The summed E-state index contributed by atoms with van der Waals surface area (Å²) in [7, 11) is 0. The van der Waals surface area contributed by atoms with Gasteiger partial charge in [-0.15, -0.1) is 0 Å². The standard InChI is InChI=1S/C30H34N4O2/c1-19(2)22-14-10-15-23(20(3)4)28(22)34-30(36)32-18-27(21-11-6-5-7-12-21)33-29(35)25-17-31-26-16-9-8-13-24(25)26/h5-17,19-20,27,31H,18H2,1-4H3,(H,33,35)(H2,32,34,36). The van der Waals surface area contributed by atoms with Crippen molar-refractivity contribution >= 4 is 28.5 Å². The molecule has 0 saturated carbocycles. The summed E-state index contributed by atoms with van der Waals surface area (Å²) in [5.41, 5.74) is 5.45. The van der Waals surface area contributed by atoms with Crippen LogP contribution < -0.4 is 16.0 Å². The number of urea groups is 1. The molecule has 3 aromatic carbocycles. The number of anilines is 1. The molecule has 1 heterocycles. The number of hydrogen-bond acceptors (Lipinski definition) is 2. The molecular weight excluding hydrogens is 448 g/mol. The Morgan fingerprint density at radius 1 is 0.806 bits per heavy atom. The second-order valence-electron chi connectivity index (χ2n) is 9.64. The minimum atomic E-state index is -0.400. The van der Waals surface area contributed by atoms with Crippen LogP contribution in [-0.4, -0.2) is 23.5 Å². The molecule has 0 aliphatic heterocycles. The molecule has 3 amide bonds. The second-order valence-corrected chi connectivity index (χ2v) is 9.64. The second kappa shape index (κ2) is 11.1. The molecule has 0 aliphatic carbocycles. The molecule has 1 atom stereocenters. The summed E-state index contributed by atoms with van der Waals surface area (Å²) in [4.78, 5) is 29.4. The first-order chi connectivity index (χ1) is 17.3. The summed E-state index contributed by atoms with van der Waals surface area (Å²) < 4.78 is 0. The van der Waals surface area contributed by atoms with E-state index in [9.17, 15) is 9.59 Å². The number of benzene rings is 3. The number of hydrogen-bond donors (Lipinski definition) is 4. The Bertz CT molecular complexity index is 1320. The van der Waals surface area contributed by atoms with Crippen molar-refractivity contribution in [3.05, 3.63) is 101 Å². The van der Waals surface area contributed by atoms with E-state index in [0.717, 1.165) is 33.3 Å². The number of fused-ring (bicyclic) bond motifs is 1. The van der Waals surface area contributed by atoms with Gasteiger partial charge in [0.05, 0.1) is 11.6 Å². The minimum Gasteiger partial charge on any atom is -0.360 e. The molecule has 0 saturated heterocycles. The van der Waals surface area contributed by atoms with Crippen molar-refractivity contribution in [2.24, 2.45) is 0 Å². The highest BCUT2D eigenvalue weighted by Crippen LogP contribution is 2.32. The first-order valence-electron chi connectivity index (χ1n) is 12.4. The zero-order chi connectivity index (χ0) is 25.7. The first-order valence-corrected chi connectivity index (χ1v) is 12.4. The van der Waals surface area contributed by atoms with Crippen LogP contribution in [0.1, 0.15) is 72.6 Å². The van der Waals surface area contributed by atoms with Gasteiger partial charge in [-0.3, -0.25) is 4.79 Å². The lowest BCUT2D eigenvalue weighted by molar-refractivity contribution is 0.0938. The number of carbonyl (C=O) groups is 2. The highest BCUT2D eigenvalue weighted by molar-refractivity contribution is 6.06. The third-order valence-electron chi connectivity index (χ3n) is 6.42. The number of aromatic nitrogens is 1. The molecule has 0 bridgehead atoms. The van der Waals surface area contributed by atoms with Gasteiger partial charge in [0.25, 0.3) is 5.91 Å². The van der Waals surface area contributed by atoms with Gasteiger partial charge in [0.2, 0.25) is 0 Å². The van der Waals surface area contributed by atoms with E-state index in [1.807, 2.05) is 60.7 Å². The maximum absolute atomic E-state index is 13.2. The van der Waals surface area contributed by atoms with Crippen LogP contribution in [-0.2, 0) is 0 Å². The topological polar surface area (TPSA) is 86.0 Å². The fraction of sp³-hybridized carbons (Fsp3) is 0.267. The van der Waals surface area contributed by atoms with Crippen LogP contribution in [0.3, 0.4) is 0 Å². The van der Waals surface area contributed by atoms with Gasteiger partial charge in [0.15, 0.2) is 0 Å². The molecule has 1 unspecified atom stereocenters. The fourth-order valence-corrected chi connectivity index (χ4v) is 4.48. The van der Waals surface area contributed by atoms with Gasteiger partial charge in [-0.05, 0) is 34.6 Å². The summed E-state index contributed by atoms with van der Waals surface area (Å²) in [5, 5.41) is 10.0. The normalized spacial score (nSPS) is 12.1. The van der Waals surface area contributed by atoms with Crippen molar-refractivity contribution in [2.45, 2.75) is 45.6 Å². The summed E-state index contributed by atoms with van der Waals surface area (Å²) in [5.74, 6) is 0.341. The zero-order valence-corrected chi connectivity index (χ0v) is 21.3. The molecule has 1 aromatic heterocycles. The van der Waals surface area contributed by atoms with Crippen molar-refractivity contribution in [1.29, 1.82) is 0 Å². The molecule has 6 nitrogen and oxygen atoms in total. The van der Waals surface area contributed by atoms with Crippen LogP contribution in [0.4, 0.5) is 10.5 Å². The summed E-state index contributed by atoms with van der Waals surface area (Å²) in [6.07, 6.45) is 1.72. The van der Waals surface area contributed by atoms with Crippen molar-refractivity contribution in [3.8, 4) is 0 Å². The summed E-state index contributed by atoms with van der Waals surface area (Å²) >= 11 is 0. The number of amides is 3. The minimum absolute atomic E-state index is 0.198. The Hall–Kier alpha value is -4.06. The smallest absolute Gasteiger partial charge is 0.319 e. The van der Waals surface area contributed by atoms with E-state index in [-0.39, 0.29) is 30.3 Å². The van der Waals surface area contributed by atoms with Crippen LogP contribution in [0.15, 0.2) is 79.0 Å². The molecule has 0 spiro atoms. The number of H-pyrrole nitrogens is 1. The number of nitrogens with one attached hydrogen (secondary N) is 4. The zero-order valence-electron chi connectivity index (χ0n) is 21.3. The van der Waals surface area contributed by atoms with Crippen molar-refractivity contribution in [3.63, 3.8) is 0 Å². The third kappa shape index (κ3) is 5.60. The van der Waals surface area contributed by atoms with E-state index in [0.29, 0.717) is 5.56 Å². The lowest BCUT2D eigenvalue weighted by Crippen LogP contribution is -2.39. The van der Waals surface area contributed by atoms with E-state index in [4.69, 9.17) is 0 Å². The molecule has 4 rings (SSSR count). The Morgan fingerprint density at radius 2 is 1.44 bits per heavy atom. The Morgan fingerprint density at radius 3 is 2.11 bits per heavy atom. The van der Waals surface area contributed by atoms with Gasteiger partial charge in [-0.25, -0.2) is 4.79 Å². The number of carbonyl (C=O) groups excluding carboxylic acids is 2. The molecule has 36 heavy (non-hydrogen) atoms. The molecule has 0 fully saturated rings. The quantitative estimate of drug-likeness (QED) is 0.225. The van der Waals surface area contributed by atoms with Crippen LogP contribution in [0.2, 0.25) is 0 Å². The van der Waals surface area contributed by atoms with Crippen LogP contribution in [0, 0.1) is 0 Å². The molecule has 0 radical (unpaired) electrons. The Balaban J connectivity index is 1.52. The van der Waals surface area contributed by atoms with Crippen LogP contribution in [0.5, 0.6) is 0 Å². The number of rotatable bonds is 8. The van der Waals surface area contributed by atoms with E-state index in [1.54, 1.807) is 6.20 Å². The predicted octanol–water partition coefficient (Wildman–Crippen LogP) is 6.71. The van der Waals surface area contributed by atoms with E-state index in [1.165, 1.54) is 0 Å². The summed E-state index contributed by atoms with van der Waals surface area (Å²) in [6.45, 7) is 8.72. The SMILES string of the molecule is CC(C)c1cccc(C(C)C)c1NC(=O)NCC(NC(=O)c1c[nH]c2ccccc12)c1ccccc1. The Labute approximate surface area is 212 Å². The molecule has 0 aliphatic rings. The maximum atomic E-state index is 13.2. The third-order valence-corrected chi connectivity index (χ3v) is 6.42. The van der Waals surface area contributed by atoms with Gasteiger partial charge in [0.1, 0.15) is 0 Å². The largest absolute Gasteiger partial charge is 0.360 e. The Kier molecular flexibility index (Phi) is 7.74. The van der Waals surface area contributed by atoms with Gasteiger partial charge in [0, 0.05) is 29.3 Å². The van der Waals surface area contributed by atoms with Gasteiger partial charge in [-0.1, -0.05) is 94.4 Å². The maximum Gasteiger partial charge on any atom is 0.319 e. The van der Waals surface area contributed by atoms with Gasteiger partial charge >= 0.3 is 6.03 Å². The molecule has 4 aromatic rings. The highest BCUT2D eigenvalue weighted by Gasteiger charge is 2.20. The molecular formula is C30H34N4O2. The average Bonchev–Trinajstić information content (AvgIpc) is 3.31. The number of aromatic amines is 1. The van der Waals surface area contributed by atoms with Gasteiger partial charge in [-0.2, -0.15) is 0 Å². The van der Waals surface area contributed by atoms with Gasteiger partial charge < -0.3 is 20.9 Å². The predicted molar refractivity (Wildman–Crippen MR) is 147 cm³/mol.